The summed E-state index contributed by atoms with van der Waals surface area (Å²) in [5.41, 5.74) is 1.19. The van der Waals surface area contributed by atoms with Gasteiger partial charge in [-0.25, -0.2) is 0 Å². The van der Waals surface area contributed by atoms with Crippen molar-refractivity contribution in [2.45, 2.75) is 51.0 Å². The van der Waals surface area contributed by atoms with Gasteiger partial charge in [0.05, 0.1) is 16.3 Å². The van der Waals surface area contributed by atoms with Crippen LogP contribution < -0.4 is 5.32 Å². The van der Waals surface area contributed by atoms with E-state index in [-0.39, 0.29) is 11.4 Å². The Labute approximate surface area is 157 Å². The topological polar surface area (TPSA) is 64.7 Å². The molecule has 1 amide bonds. The highest BCUT2D eigenvalue weighted by atomic mass is 35.5. The van der Waals surface area contributed by atoms with Gasteiger partial charge in [0.25, 0.3) is 5.91 Å². The summed E-state index contributed by atoms with van der Waals surface area (Å²) in [5.74, 6) is 2.90. The van der Waals surface area contributed by atoms with Crippen molar-refractivity contribution in [3.05, 3.63) is 28.7 Å². The molecule has 6 nitrogen and oxygen atoms in total. The molecule has 4 fully saturated rings. The molecule has 0 radical (unpaired) electrons. The molecular weight excluding hydrogens is 350 g/mol. The number of hydrogen-bond acceptors (Lipinski definition) is 3. The molecule has 0 saturated heterocycles. The molecule has 2 heterocycles. The average Bonchev–Trinajstić information content (AvgIpc) is 3.11. The van der Waals surface area contributed by atoms with Gasteiger partial charge in [-0.1, -0.05) is 11.6 Å². The summed E-state index contributed by atoms with van der Waals surface area (Å²) in [6.07, 6.45) is 9.97. The zero-order valence-corrected chi connectivity index (χ0v) is 16.0. The minimum atomic E-state index is -0.270. The van der Waals surface area contributed by atoms with Gasteiger partial charge < -0.3 is 5.32 Å². The number of anilines is 1. The Balaban J connectivity index is 1.38. The maximum Gasteiger partial charge on any atom is 0.276 e. The fourth-order valence-electron chi connectivity index (χ4n) is 6.05. The molecular formula is C19H24ClN5O. The van der Waals surface area contributed by atoms with Gasteiger partial charge in [0.2, 0.25) is 0 Å². The van der Waals surface area contributed by atoms with Gasteiger partial charge in [0, 0.05) is 19.3 Å². The molecule has 4 bridgehead atoms. The first-order valence-electron chi connectivity index (χ1n) is 9.50. The van der Waals surface area contributed by atoms with Crippen molar-refractivity contribution in [1.82, 2.24) is 19.6 Å². The van der Waals surface area contributed by atoms with E-state index in [0.717, 1.165) is 17.8 Å². The lowest BCUT2D eigenvalue weighted by molar-refractivity contribution is -0.0492. The van der Waals surface area contributed by atoms with Gasteiger partial charge in [0.15, 0.2) is 5.82 Å². The van der Waals surface area contributed by atoms with Crippen molar-refractivity contribution in [2.24, 2.45) is 24.8 Å². The Hall–Kier alpha value is -1.82. The molecule has 0 atom stereocenters. The van der Waals surface area contributed by atoms with Gasteiger partial charge in [0.1, 0.15) is 5.69 Å². The zero-order chi connectivity index (χ0) is 18.1. The first-order valence-corrected chi connectivity index (χ1v) is 9.88. The number of halogens is 1. The second-order valence-electron chi connectivity index (χ2n) is 8.61. The van der Waals surface area contributed by atoms with Crippen LogP contribution in [0.3, 0.4) is 0 Å². The summed E-state index contributed by atoms with van der Waals surface area (Å²) in [5, 5.41) is 12.2. The average molecular weight is 374 g/mol. The van der Waals surface area contributed by atoms with Crippen molar-refractivity contribution in [3.8, 4) is 0 Å². The maximum absolute atomic E-state index is 12.6. The van der Waals surface area contributed by atoms with E-state index >= 15 is 0 Å². The molecule has 1 N–H and O–H groups in total. The summed E-state index contributed by atoms with van der Waals surface area (Å²) in [7, 11) is 1.72. The molecule has 0 unspecified atom stereocenters. The van der Waals surface area contributed by atoms with Crippen molar-refractivity contribution >= 4 is 23.3 Å². The molecule has 2 aromatic heterocycles. The molecule has 26 heavy (non-hydrogen) atoms. The molecule has 7 heteroatoms. The highest BCUT2D eigenvalue weighted by Crippen LogP contribution is 2.58. The van der Waals surface area contributed by atoms with Crippen LogP contribution >= 0.6 is 11.6 Å². The fourth-order valence-corrected chi connectivity index (χ4v) is 6.30. The van der Waals surface area contributed by atoms with E-state index in [9.17, 15) is 4.79 Å². The Kier molecular flexibility index (Phi) is 3.52. The smallest absolute Gasteiger partial charge is 0.276 e. The molecule has 0 aliphatic heterocycles. The first-order chi connectivity index (χ1) is 12.4. The van der Waals surface area contributed by atoms with Crippen molar-refractivity contribution < 1.29 is 4.79 Å². The van der Waals surface area contributed by atoms with Gasteiger partial charge in [-0.2, -0.15) is 10.2 Å². The SMILES string of the molecule is Cc1nn(C)c(C(=O)Nc2ccn(C34CC5CC(CC(C5)C3)C4)n2)c1Cl. The fraction of sp³-hybridized carbons (Fsp3) is 0.632. The highest BCUT2D eigenvalue weighted by Gasteiger charge is 2.52. The monoisotopic (exact) mass is 373 g/mol. The van der Waals surface area contributed by atoms with Gasteiger partial charge in [-0.05, 0) is 63.2 Å². The van der Waals surface area contributed by atoms with E-state index in [1.807, 2.05) is 12.3 Å². The summed E-state index contributed by atoms with van der Waals surface area (Å²) < 4.78 is 3.66. The zero-order valence-electron chi connectivity index (χ0n) is 15.2. The van der Waals surface area contributed by atoms with Crippen LogP contribution in [0.2, 0.25) is 5.02 Å². The number of nitrogens with one attached hydrogen (secondary N) is 1. The van der Waals surface area contributed by atoms with Crippen molar-refractivity contribution in [2.75, 3.05) is 5.32 Å². The summed E-state index contributed by atoms with van der Waals surface area (Å²) in [4.78, 5) is 12.6. The predicted molar refractivity (Wildman–Crippen MR) is 99.3 cm³/mol. The van der Waals surface area contributed by atoms with E-state index in [2.05, 4.69) is 15.1 Å². The number of hydrogen-bond donors (Lipinski definition) is 1. The lowest BCUT2D eigenvalue weighted by Crippen LogP contribution is -2.52. The quantitative estimate of drug-likeness (QED) is 0.890. The molecule has 4 aliphatic rings. The van der Waals surface area contributed by atoms with E-state index in [1.165, 1.54) is 43.2 Å². The highest BCUT2D eigenvalue weighted by molar-refractivity contribution is 6.34. The van der Waals surface area contributed by atoms with Crippen molar-refractivity contribution in [3.63, 3.8) is 0 Å². The Morgan fingerprint density at radius 1 is 1.19 bits per heavy atom. The number of amides is 1. The number of carbonyl (C=O) groups is 1. The third kappa shape index (κ3) is 2.42. The lowest BCUT2D eigenvalue weighted by atomic mass is 9.53. The molecule has 4 saturated carbocycles. The second kappa shape index (κ2) is 5.59. The number of nitrogens with zero attached hydrogens (tertiary/aromatic N) is 4. The third-order valence-electron chi connectivity index (χ3n) is 6.69. The standard InChI is InChI=1S/C19H24ClN5O/c1-11-16(20)17(24(2)22-11)18(26)21-15-3-4-25(23-15)19-8-12-5-13(9-19)7-14(6-12)10-19/h3-4,12-14H,5-10H2,1-2H3,(H,21,23,26). The van der Waals surface area contributed by atoms with E-state index in [1.54, 1.807) is 14.0 Å². The maximum atomic E-state index is 12.6. The van der Waals surface area contributed by atoms with Crippen LogP contribution in [0.5, 0.6) is 0 Å². The van der Waals surface area contributed by atoms with E-state index in [4.69, 9.17) is 16.7 Å². The van der Waals surface area contributed by atoms with Crippen LogP contribution in [-0.4, -0.2) is 25.5 Å². The summed E-state index contributed by atoms with van der Waals surface area (Å²) in [6.45, 7) is 1.79. The Bertz CT molecular complexity index is 847. The number of aromatic nitrogens is 4. The van der Waals surface area contributed by atoms with Crippen LogP contribution in [-0.2, 0) is 12.6 Å². The first kappa shape index (κ1) is 16.4. The second-order valence-corrected chi connectivity index (χ2v) is 8.99. The number of rotatable bonds is 3. The molecule has 138 valence electrons. The summed E-state index contributed by atoms with van der Waals surface area (Å²) >= 11 is 6.22. The molecule has 0 spiro atoms. The van der Waals surface area contributed by atoms with E-state index in [0.29, 0.717) is 22.2 Å². The molecule has 2 aromatic rings. The molecule has 4 aliphatic carbocycles. The van der Waals surface area contributed by atoms with Gasteiger partial charge in [-0.3, -0.25) is 14.2 Å². The van der Waals surface area contributed by atoms with E-state index < -0.39 is 0 Å². The van der Waals surface area contributed by atoms with Crippen LogP contribution in [0.4, 0.5) is 5.82 Å². The minimum absolute atomic E-state index is 0.165. The third-order valence-corrected chi connectivity index (χ3v) is 7.14. The largest absolute Gasteiger partial charge is 0.304 e. The van der Waals surface area contributed by atoms with Gasteiger partial charge >= 0.3 is 0 Å². The van der Waals surface area contributed by atoms with Crippen LogP contribution in [0.25, 0.3) is 0 Å². The van der Waals surface area contributed by atoms with Crippen LogP contribution in [0.1, 0.15) is 54.7 Å². The Morgan fingerprint density at radius 3 is 2.35 bits per heavy atom. The predicted octanol–water partition coefficient (Wildman–Crippen LogP) is 3.76. The molecule has 6 rings (SSSR count). The number of carbonyl (C=O) groups excluding carboxylic acids is 1. The van der Waals surface area contributed by atoms with Gasteiger partial charge in [-0.15, -0.1) is 0 Å². The van der Waals surface area contributed by atoms with Crippen LogP contribution in [0, 0.1) is 24.7 Å². The lowest BCUT2D eigenvalue weighted by Gasteiger charge is -2.56. The van der Waals surface area contributed by atoms with Crippen molar-refractivity contribution in [1.29, 1.82) is 0 Å². The number of aryl methyl sites for hydroxylation is 2. The normalized spacial score (nSPS) is 32.2. The van der Waals surface area contributed by atoms with Crippen LogP contribution in [0.15, 0.2) is 12.3 Å². The summed E-state index contributed by atoms with van der Waals surface area (Å²) in [6, 6.07) is 1.90. The molecule has 0 aromatic carbocycles. The Morgan fingerprint density at radius 2 is 1.81 bits per heavy atom. The minimum Gasteiger partial charge on any atom is -0.304 e.